The lowest BCUT2D eigenvalue weighted by molar-refractivity contribution is -0.120. The van der Waals surface area contributed by atoms with Gasteiger partial charge in [-0.25, -0.2) is 0 Å². The van der Waals surface area contributed by atoms with Gasteiger partial charge in [0.25, 0.3) is 0 Å². The van der Waals surface area contributed by atoms with E-state index in [9.17, 15) is 9.90 Å². The number of amides is 1. The third kappa shape index (κ3) is 6.54. The van der Waals surface area contributed by atoms with Crippen molar-refractivity contribution >= 4 is 5.91 Å². The van der Waals surface area contributed by atoms with Crippen LogP contribution in [0, 0.1) is 0 Å². The predicted octanol–water partition coefficient (Wildman–Crippen LogP) is -0.127. The first kappa shape index (κ1) is 12.4. The summed E-state index contributed by atoms with van der Waals surface area (Å²) in [6, 6.07) is 0. The molecule has 4 nitrogen and oxygen atoms in total. The molecular weight excluding hydrogens is 168 g/mol. The lowest BCUT2D eigenvalue weighted by Gasteiger charge is -2.21. The summed E-state index contributed by atoms with van der Waals surface area (Å²) in [4.78, 5) is 10.8. The number of hydrogen-bond acceptors (Lipinski definition) is 3. The minimum Gasteiger partial charge on any atom is -0.389 e. The zero-order valence-corrected chi connectivity index (χ0v) is 8.68. The fourth-order valence-electron chi connectivity index (χ4n) is 0.810. The summed E-state index contributed by atoms with van der Waals surface area (Å²) in [6.45, 7) is 4.84. The largest absolute Gasteiger partial charge is 0.389 e. The Hall–Kier alpha value is -0.610. The van der Waals surface area contributed by atoms with Gasteiger partial charge in [-0.1, -0.05) is 6.92 Å². The molecule has 1 atom stereocenters. The summed E-state index contributed by atoms with van der Waals surface area (Å²) < 4.78 is 0. The number of carbonyl (C=O) groups excluding carboxylic acids is 1. The van der Waals surface area contributed by atoms with Crippen LogP contribution in [0.2, 0.25) is 0 Å². The molecule has 0 saturated heterocycles. The summed E-state index contributed by atoms with van der Waals surface area (Å²) in [6.07, 6.45) is 1.16. The molecule has 1 unspecified atom stereocenters. The summed E-state index contributed by atoms with van der Waals surface area (Å²) in [5.74, 6) is 0.0173. The van der Waals surface area contributed by atoms with Gasteiger partial charge in [0.05, 0.1) is 5.60 Å². The lowest BCUT2D eigenvalue weighted by atomic mass is 10.0. The van der Waals surface area contributed by atoms with Crippen molar-refractivity contribution in [2.75, 3.05) is 20.1 Å². The van der Waals surface area contributed by atoms with Crippen molar-refractivity contribution in [3.8, 4) is 0 Å². The zero-order chi connectivity index (χ0) is 10.3. The average molecular weight is 188 g/mol. The molecule has 0 aromatic rings. The minimum absolute atomic E-state index is 0.0173. The van der Waals surface area contributed by atoms with E-state index < -0.39 is 5.60 Å². The molecule has 13 heavy (non-hydrogen) atoms. The first-order chi connectivity index (χ1) is 6.02. The van der Waals surface area contributed by atoms with Crippen molar-refractivity contribution in [3.63, 3.8) is 0 Å². The minimum atomic E-state index is -0.664. The topological polar surface area (TPSA) is 61.4 Å². The normalized spacial score (nSPS) is 15.1. The van der Waals surface area contributed by atoms with Crippen LogP contribution >= 0.6 is 0 Å². The van der Waals surface area contributed by atoms with E-state index in [2.05, 4.69) is 10.6 Å². The second kappa shape index (κ2) is 5.94. The molecule has 0 radical (unpaired) electrons. The van der Waals surface area contributed by atoms with Crippen molar-refractivity contribution in [1.29, 1.82) is 0 Å². The highest BCUT2D eigenvalue weighted by atomic mass is 16.3. The van der Waals surface area contributed by atoms with Crippen LogP contribution in [0.1, 0.15) is 26.7 Å². The molecule has 0 rings (SSSR count). The molecule has 0 aromatic heterocycles. The Morgan fingerprint density at radius 3 is 2.62 bits per heavy atom. The molecule has 0 aliphatic heterocycles. The second-order valence-corrected chi connectivity index (χ2v) is 3.45. The quantitative estimate of drug-likeness (QED) is 0.509. The maximum Gasteiger partial charge on any atom is 0.221 e. The first-order valence-corrected chi connectivity index (χ1v) is 4.65. The van der Waals surface area contributed by atoms with Gasteiger partial charge < -0.3 is 15.7 Å². The Balaban J connectivity index is 3.41. The smallest absolute Gasteiger partial charge is 0.221 e. The van der Waals surface area contributed by atoms with Crippen molar-refractivity contribution in [1.82, 2.24) is 10.6 Å². The van der Waals surface area contributed by atoms with Gasteiger partial charge >= 0.3 is 0 Å². The Morgan fingerprint density at radius 2 is 2.15 bits per heavy atom. The number of carbonyl (C=O) groups is 1. The van der Waals surface area contributed by atoms with Gasteiger partial charge in [0.1, 0.15) is 0 Å². The van der Waals surface area contributed by atoms with Gasteiger partial charge in [-0.2, -0.15) is 0 Å². The third-order valence-electron chi connectivity index (χ3n) is 2.08. The standard InChI is InChI=1S/C9H20N2O2/c1-4-9(2,13)7-11-6-5-8(12)10-3/h11,13H,4-7H2,1-3H3,(H,10,12). The van der Waals surface area contributed by atoms with E-state index in [-0.39, 0.29) is 5.91 Å². The Bertz CT molecular complexity index is 158. The maximum atomic E-state index is 10.8. The van der Waals surface area contributed by atoms with Gasteiger partial charge in [-0.3, -0.25) is 4.79 Å². The summed E-state index contributed by atoms with van der Waals surface area (Å²) in [5, 5.41) is 15.1. The van der Waals surface area contributed by atoms with E-state index in [4.69, 9.17) is 0 Å². The molecule has 0 aliphatic rings. The predicted molar refractivity (Wildman–Crippen MR) is 52.5 cm³/mol. The molecule has 0 heterocycles. The van der Waals surface area contributed by atoms with Crippen LogP contribution in [0.15, 0.2) is 0 Å². The van der Waals surface area contributed by atoms with Crippen LogP contribution in [-0.4, -0.2) is 36.8 Å². The number of nitrogens with one attached hydrogen (secondary N) is 2. The second-order valence-electron chi connectivity index (χ2n) is 3.45. The Kier molecular flexibility index (Phi) is 5.66. The van der Waals surface area contributed by atoms with E-state index in [0.29, 0.717) is 25.9 Å². The van der Waals surface area contributed by atoms with E-state index in [1.807, 2.05) is 6.92 Å². The van der Waals surface area contributed by atoms with Crippen molar-refractivity contribution in [3.05, 3.63) is 0 Å². The van der Waals surface area contributed by atoms with E-state index in [1.54, 1.807) is 14.0 Å². The lowest BCUT2D eigenvalue weighted by Crippen LogP contribution is -2.38. The SMILES string of the molecule is CCC(C)(O)CNCCC(=O)NC. The van der Waals surface area contributed by atoms with Gasteiger partial charge in [0.2, 0.25) is 5.91 Å². The molecule has 0 fully saturated rings. The van der Waals surface area contributed by atoms with Crippen LogP contribution < -0.4 is 10.6 Å². The molecule has 0 aromatic carbocycles. The molecular formula is C9H20N2O2. The highest BCUT2D eigenvalue weighted by molar-refractivity contribution is 5.75. The van der Waals surface area contributed by atoms with Gasteiger partial charge in [0.15, 0.2) is 0 Å². The fourth-order valence-corrected chi connectivity index (χ4v) is 0.810. The first-order valence-electron chi connectivity index (χ1n) is 4.65. The number of aliphatic hydroxyl groups is 1. The van der Waals surface area contributed by atoms with E-state index >= 15 is 0 Å². The van der Waals surface area contributed by atoms with Crippen LogP contribution in [0.25, 0.3) is 0 Å². The van der Waals surface area contributed by atoms with E-state index in [1.165, 1.54) is 0 Å². The average Bonchev–Trinajstić information content (AvgIpc) is 2.12. The Morgan fingerprint density at radius 1 is 1.54 bits per heavy atom. The van der Waals surface area contributed by atoms with Crippen LogP contribution in [0.4, 0.5) is 0 Å². The number of rotatable bonds is 6. The molecule has 78 valence electrons. The molecule has 4 heteroatoms. The van der Waals surface area contributed by atoms with Gasteiger partial charge in [-0.15, -0.1) is 0 Å². The highest BCUT2D eigenvalue weighted by Gasteiger charge is 2.16. The van der Waals surface area contributed by atoms with Crippen molar-refractivity contribution < 1.29 is 9.90 Å². The highest BCUT2D eigenvalue weighted by Crippen LogP contribution is 2.05. The van der Waals surface area contributed by atoms with Gasteiger partial charge in [-0.05, 0) is 13.3 Å². The molecule has 3 N–H and O–H groups in total. The van der Waals surface area contributed by atoms with Crippen LogP contribution in [-0.2, 0) is 4.79 Å². The van der Waals surface area contributed by atoms with Crippen LogP contribution in [0.5, 0.6) is 0 Å². The summed E-state index contributed by atoms with van der Waals surface area (Å²) >= 11 is 0. The maximum absolute atomic E-state index is 10.8. The van der Waals surface area contributed by atoms with Crippen molar-refractivity contribution in [2.24, 2.45) is 0 Å². The summed E-state index contributed by atoms with van der Waals surface area (Å²) in [5.41, 5.74) is -0.664. The van der Waals surface area contributed by atoms with E-state index in [0.717, 1.165) is 0 Å². The zero-order valence-electron chi connectivity index (χ0n) is 8.68. The molecule has 0 saturated carbocycles. The fraction of sp³-hybridized carbons (Fsp3) is 0.889. The molecule has 1 amide bonds. The molecule has 0 bridgehead atoms. The third-order valence-corrected chi connectivity index (χ3v) is 2.08. The molecule has 0 aliphatic carbocycles. The summed E-state index contributed by atoms with van der Waals surface area (Å²) in [7, 11) is 1.62. The van der Waals surface area contributed by atoms with Gasteiger partial charge in [0, 0.05) is 26.6 Å². The van der Waals surface area contributed by atoms with Crippen LogP contribution in [0.3, 0.4) is 0 Å². The van der Waals surface area contributed by atoms with Crippen molar-refractivity contribution in [2.45, 2.75) is 32.3 Å². The Labute approximate surface area is 79.7 Å². The monoisotopic (exact) mass is 188 g/mol. The number of hydrogen-bond donors (Lipinski definition) is 3. The molecule has 0 spiro atoms.